The number of Topliss-reactive ketones (excluding diaryl/α,β-unsaturated/α-hetero) is 1. The van der Waals surface area contributed by atoms with Gasteiger partial charge in [-0.3, -0.25) is 9.59 Å². The van der Waals surface area contributed by atoms with Gasteiger partial charge < -0.3 is 10.3 Å². The lowest BCUT2D eigenvalue weighted by molar-refractivity contribution is 0.0921. The molecule has 0 bridgehead atoms. The van der Waals surface area contributed by atoms with Crippen molar-refractivity contribution in [2.45, 2.75) is 40.2 Å². The molecule has 0 fully saturated rings. The van der Waals surface area contributed by atoms with E-state index in [0.29, 0.717) is 11.3 Å². The van der Waals surface area contributed by atoms with Crippen LogP contribution in [0.25, 0.3) is 0 Å². The molecule has 0 spiro atoms. The highest BCUT2D eigenvalue weighted by Crippen LogP contribution is 2.29. The van der Waals surface area contributed by atoms with Crippen molar-refractivity contribution in [1.82, 2.24) is 10.3 Å². The summed E-state index contributed by atoms with van der Waals surface area (Å²) in [7, 11) is 0. The third kappa shape index (κ3) is 4.81. The van der Waals surface area contributed by atoms with Crippen LogP contribution in [0.1, 0.15) is 66.6 Å². The number of nitrogens with one attached hydrogen (secondary N) is 2. The molecular formula is C19H24N2O2. The maximum Gasteiger partial charge on any atom is 0.268 e. The van der Waals surface area contributed by atoms with Crippen molar-refractivity contribution in [2.75, 3.05) is 0 Å². The molecule has 2 aromatic rings. The monoisotopic (exact) mass is 312 g/mol. The van der Waals surface area contributed by atoms with Gasteiger partial charge in [0.15, 0.2) is 5.78 Å². The van der Waals surface area contributed by atoms with Crippen molar-refractivity contribution in [3.8, 4) is 0 Å². The minimum absolute atomic E-state index is 0.0606. The van der Waals surface area contributed by atoms with Crippen molar-refractivity contribution in [3.63, 3.8) is 0 Å². The van der Waals surface area contributed by atoms with Crippen LogP contribution in [0.15, 0.2) is 42.6 Å². The van der Waals surface area contributed by atoms with Crippen LogP contribution in [0.4, 0.5) is 0 Å². The van der Waals surface area contributed by atoms with Gasteiger partial charge in [0.2, 0.25) is 0 Å². The van der Waals surface area contributed by atoms with Gasteiger partial charge in [-0.15, -0.1) is 0 Å². The quantitative estimate of drug-likeness (QED) is 0.816. The Labute approximate surface area is 137 Å². The Morgan fingerprint density at radius 2 is 1.83 bits per heavy atom. The summed E-state index contributed by atoms with van der Waals surface area (Å²) in [5.74, 6) is -0.259. The van der Waals surface area contributed by atoms with Gasteiger partial charge in [-0.25, -0.2) is 0 Å². The Bertz CT molecular complexity index is 681. The molecule has 0 aliphatic rings. The highest BCUT2D eigenvalue weighted by Gasteiger charge is 2.23. The maximum absolute atomic E-state index is 12.5. The van der Waals surface area contributed by atoms with Gasteiger partial charge in [0.25, 0.3) is 5.91 Å². The molecule has 0 radical (unpaired) electrons. The summed E-state index contributed by atoms with van der Waals surface area (Å²) in [5, 5.41) is 3.08. The largest absolute Gasteiger partial charge is 0.356 e. The van der Waals surface area contributed by atoms with Crippen LogP contribution in [-0.2, 0) is 0 Å². The zero-order valence-corrected chi connectivity index (χ0v) is 14.1. The van der Waals surface area contributed by atoms with Crippen molar-refractivity contribution in [1.29, 1.82) is 0 Å². The Hall–Kier alpha value is -2.36. The smallest absolute Gasteiger partial charge is 0.268 e. The summed E-state index contributed by atoms with van der Waals surface area (Å²) in [4.78, 5) is 26.7. The summed E-state index contributed by atoms with van der Waals surface area (Å²) >= 11 is 0. The molecule has 23 heavy (non-hydrogen) atoms. The molecule has 0 aliphatic heterocycles. The van der Waals surface area contributed by atoms with E-state index in [-0.39, 0.29) is 23.1 Å². The summed E-state index contributed by atoms with van der Waals surface area (Å²) in [5.41, 5.74) is 2.08. The number of H-pyrrole nitrogens is 1. The van der Waals surface area contributed by atoms with E-state index in [1.165, 1.54) is 6.92 Å². The fraction of sp³-hybridized carbons (Fsp3) is 0.368. The summed E-state index contributed by atoms with van der Waals surface area (Å²) in [6, 6.07) is 11.5. The standard InChI is InChI=1S/C19H24N2O2/c1-13(22)15-10-16(20-12-15)18(23)21-17(11-19(2,3)4)14-8-6-5-7-9-14/h5-10,12,17,20H,11H2,1-4H3,(H,21,23)/t17-/m0/s1. The molecule has 1 aromatic heterocycles. The summed E-state index contributed by atoms with van der Waals surface area (Å²) in [6.07, 6.45) is 2.39. The molecule has 2 N–H and O–H groups in total. The lowest BCUT2D eigenvalue weighted by atomic mass is 9.85. The lowest BCUT2D eigenvalue weighted by Crippen LogP contribution is -2.31. The Kier molecular flexibility index (Phi) is 5.04. The predicted octanol–water partition coefficient (Wildman–Crippen LogP) is 4.12. The van der Waals surface area contributed by atoms with E-state index in [4.69, 9.17) is 0 Å². The van der Waals surface area contributed by atoms with Gasteiger partial charge in [-0.2, -0.15) is 0 Å². The Morgan fingerprint density at radius 3 is 2.35 bits per heavy atom. The number of rotatable bonds is 5. The van der Waals surface area contributed by atoms with Crippen molar-refractivity contribution < 1.29 is 9.59 Å². The molecule has 0 unspecified atom stereocenters. The first-order valence-electron chi connectivity index (χ1n) is 7.81. The van der Waals surface area contributed by atoms with Crippen LogP contribution in [-0.4, -0.2) is 16.7 Å². The fourth-order valence-electron chi connectivity index (χ4n) is 2.51. The highest BCUT2D eigenvalue weighted by atomic mass is 16.2. The average Bonchev–Trinajstić information content (AvgIpc) is 2.96. The minimum atomic E-state index is -0.199. The number of amides is 1. The molecule has 1 aromatic carbocycles. The van der Waals surface area contributed by atoms with Crippen molar-refractivity contribution in [2.24, 2.45) is 5.41 Å². The van der Waals surface area contributed by atoms with Crippen LogP contribution in [0, 0.1) is 5.41 Å². The normalized spacial score (nSPS) is 12.7. The second-order valence-electron chi connectivity index (χ2n) is 7.06. The van der Waals surface area contributed by atoms with Gasteiger partial charge in [0.1, 0.15) is 5.69 Å². The minimum Gasteiger partial charge on any atom is -0.356 e. The summed E-state index contributed by atoms with van der Waals surface area (Å²) < 4.78 is 0. The Morgan fingerprint density at radius 1 is 1.17 bits per heavy atom. The predicted molar refractivity (Wildman–Crippen MR) is 91.5 cm³/mol. The molecule has 0 saturated heterocycles. The maximum atomic E-state index is 12.5. The van der Waals surface area contributed by atoms with Crippen LogP contribution >= 0.6 is 0 Å². The number of aromatic amines is 1. The second-order valence-corrected chi connectivity index (χ2v) is 7.06. The van der Waals surface area contributed by atoms with E-state index in [2.05, 4.69) is 31.1 Å². The van der Waals surface area contributed by atoms with E-state index >= 15 is 0 Å². The first-order chi connectivity index (χ1) is 10.8. The van der Waals surface area contributed by atoms with Crippen molar-refractivity contribution >= 4 is 11.7 Å². The average molecular weight is 312 g/mol. The number of aromatic nitrogens is 1. The molecule has 1 atom stereocenters. The van der Waals surface area contributed by atoms with Crippen LogP contribution in [0.3, 0.4) is 0 Å². The van der Waals surface area contributed by atoms with Gasteiger partial charge in [0.05, 0.1) is 6.04 Å². The zero-order valence-electron chi connectivity index (χ0n) is 14.1. The van der Waals surface area contributed by atoms with E-state index in [1.807, 2.05) is 30.3 Å². The molecular weight excluding hydrogens is 288 g/mol. The lowest BCUT2D eigenvalue weighted by Gasteiger charge is -2.27. The first kappa shape index (κ1) is 17.0. The second kappa shape index (κ2) is 6.82. The van der Waals surface area contributed by atoms with Gasteiger partial charge in [-0.1, -0.05) is 51.1 Å². The number of ketones is 1. The number of carbonyl (C=O) groups excluding carboxylic acids is 2. The summed E-state index contributed by atoms with van der Waals surface area (Å²) in [6.45, 7) is 7.93. The molecule has 0 aliphatic carbocycles. The van der Waals surface area contributed by atoms with E-state index in [0.717, 1.165) is 12.0 Å². The molecule has 4 nitrogen and oxygen atoms in total. The first-order valence-corrected chi connectivity index (χ1v) is 7.81. The third-order valence-electron chi connectivity index (χ3n) is 3.66. The van der Waals surface area contributed by atoms with E-state index in [9.17, 15) is 9.59 Å². The molecule has 1 amide bonds. The highest BCUT2D eigenvalue weighted by molar-refractivity contribution is 5.99. The molecule has 4 heteroatoms. The van der Waals surface area contributed by atoms with Crippen molar-refractivity contribution in [3.05, 3.63) is 59.4 Å². The number of hydrogen-bond donors (Lipinski definition) is 2. The van der Waals surface area contributed by atoms with Gasteiger partial charge in [0, 0.05) is 11.8 Å². The SMILES string of the molecule is CC(=O)c1c[nH]c(C(=O)N[C@@H](CC(C)(C)C)c2ccccc2)c1. The molecule has 122 valence electrons. The molecule has 2 rings (SSSR count). The third-order valence-corrected chi connectivity index (χ3v) is 3.66. The van der Waals surface area contributed by atoms with Crippen LogP contribution in [0.5, 0.6) is 0 Å². The molecule has 1 heterocycles. The van der Waals surface area contributed by atoms with Crippen LogP contribution in [0.2, 0.25) is 0 Å². The number of benzene rings is 1. The number of hydrogen-bond acceptors (Lipinski definition) is 2. The van der Waals surface area contributed by atoms with Gasteiger partial charge in [-0.05, 0) is 30.4 Å². The zero-order chi connectivity index (χ0) is 17.0. The topological polar surface area (TPSA) is 62.0 Å². The van der Waals surface area contributed by atoms with Crippen LogP contribution < -0.4 is 5.32 Å². The molecule has 0 saturated carbocycles. The van der Waals surface area contributed by atoms with E-state index in [1.54, 1.807) is 12.3 Å². The fourth-order valence-corrected chi connectivity index (χ4v) is 2.51. The number of carbonyl (C=O) groups is 2. The van der Waals surface area contributed by atoms with E-state index < -0.39 is 0 Å². The van der Waals surface area contributed by atoms with Gasteiger partial charge >= 0.3 is 0 Å². The Balaban J connectivity index is 2.19.